The first-order valence-electron chi connectivity index (χ1n) is 6.22. The molecule has 3 N–H and O–H groups in total. The van der Waals surface area contributed by atoms with Gasteiger partial charge in [0.2, 0.25) is 0 Å². The zero-order valence-corrected chi connectivity index (χ0v) is 10.6. The van der Waals surface area contributed by atoms with Crippen molar-refractivity contribution in [1.82, 2.24) is 4.90 Å². The minimum absolute atomic E-state index is 0.124. The lowest BCUT2D eigenvalue weighted by molar-refractivity contribution is -0.112. The summed E-state index contributed by atoms with van der Waals surface area (Å²) in [6.45, 7) is 1.81. The summed E-state index contributed by atoms with van der Waals surface area (Å²) in [5, 5.41) is 11.7. The van der Waals surface area contributed by atoms with Crippen LogP contribution in [-0.2, 0) is 4.79 Å². The average Bonchev–Trinajstić information content (AvgIpc) is 2.91. The van der Waals surface area contributed by atoms with Gasteiger partial charge in [0.05, 0.1) is 0 Å². The lowest BCUT2D eigenvalue weighted by Gasteiger charge is -2.12. The third kappa shape index (κ3) is 3.49. The fraction of sp³-hybridized carbons (Fsp3) is 0.286. The van der Waals surface area contributed by atoms with Crippen LogP contribution in [0.1, 0.15) is 12.8 Å². The molecule has 0 aromatic heterocycles. The molecule has 1 aliphatic rings. The minimum atomic E-state index is -0.390. The van der Waals surface area contributed by atoms with Crippen molar-refractivity contribution in [3.63, 3.8) is 0 Å². The highest BCUT2D eigenvalue weighted by Gasteiger charge is 2.14. The lowest BCUT2D eigenvalue weighted by Crippen LogP contribution is -2.18. The first-order chi connectivity index (χ1) is 9.19. The van der Waals surface area contributed by atoms with Gasteiger partial charge in [-0.1, -0.05) is 0 Å². The Kier molecular flexibility index (Phi) is 4.04. The van der Waals surface area contributed by atoms with E-state index in [2.05, 4.69) is 5.32 Å². The van der Waals surface area contributed by atoms with Crippen molar-refractivity contribution in [2.75, 3.05) is 24.1 Å². The van der Waals surface area contributed by atoms with Crippen LogP contribution < -0.4 is 11.1 Å². The SMILES string of the molecule is N#C/C(=C/N1CCCC1)C(=O)Nc1ccc(N)cc1. The third-order valence-electron chi connectivity index (χ3n) is 2.99. The first-order valence-corrected chi connectivity index (χ1v) is 6.22. The predicted octanol–water partition coefficient (Wildman–Crippen LogP) is 1.71. The second-order valence-electron chi connectivity index (χ2n) is 4.47. The number of hydrogen-bond acceptors (Lipinski definition) is 4. The molecule has 2 rings (SSSR count). The number of nitrogens with two attached hydrogens (primary N) is 1. The molecule has 5 nitrogen and oxygen atoms in total. The van der Waals surface area contributed by atoms with Crippen LogP contribution in [0, 0.1) is 11.3 Å². The van der Waals surface area contributed by atoms with Gasteiger partial charge in [-0.15, -0.1) is 0 Å². The Morgan fingerprint density at radius 2 is 1.95 bits per heavy atom. The van der Waals surface area contributed by atoms with E-state index in [9.17, 15) is 4.79 Å². The van der Waals surface area contributed by atoms with E-state index in [1.165, 1.54) is 0 Å². The fourth-order valence-corrected chi connectivity index (χ4v) is 1.96. The second kappa shape index (κ2) is 5.91. The Labute approximate surface area is 112 Å². The van der Waals surface area contributed by atoms with Gasteiger partial charge in [0.1, 0.15) is 11.6 Å². The molecule has 1 aromatic rings. The Morgan fingerprint density at radius 3 is 2.53 bits per heavy atom. The summed E-state index contributed by atoms with van der Waals surface area (Å²) >= 11 is 0. The van der Waals surface area contributed by atoms with Crippen molar-refractivity contribution < 1.29 is 4.79 Å². The Bertz CT molecular complexity index is 521. The zero-order chi connectivity index (χ0) is 13.7. The Hall–Kier alpha value is -2.48. The highest BCUT2D eigenvalue weighted by atomic mass is 16.1. The predicted molar refractivity (Wildman–Crippen MR) is 74.0 cm³/mol. The molecule has 98 valence electrons. The Balaban J connectivity index is 2.04. The number of carbonyl (C=O) groups is 1. The molecule has 5 heteroatoms. The van der Waals surface area contributed by atoms with Crippen LogP contribution in [0.5, 0.6) is 0 Å². The molecule has 0 aliphatic carbocycles. The number of nitrogens with zero attached hydrogens (tertiary/aromatic N) is 2. The normalized spacial score (nSPS) is 15.1. The molecular weight excluding hydrogens is 240 g/mol. The van der Waals surface area contributed by atoms with E-state index in [0.29, 0.717) is 11.4 Å². The zero-order valence-electron chi connectivity index (χ0n) is 10.6. The molecule has 1 saturated heterocycles. The van der Waals surface area contributed by atoms with Gasteiger partial charge in [-0.2, -0.15) is 5.26 Å². The van der Waals surface area contributed by atoms with Crippen molar-refractivity contribution in [2.24, 2.45) is 0 Å². The van der Waals surface area contributed by atoms with Crippen molar-refractivity contribution in [3.8, 4) is 6.07 Å². The number of anilines is 2. The van der Waals surface area contributed by atoms with Crippen LogP contribution >= 0.6 is 0 Å². The molecule has 1 heterocycles. The largest absolute Gasteiger partial charge is 0.399 e. The topological polar surface area (TPSA) is 82.2 Å². The molecule has 1 amide bonds. The van der Waals surface area contributed by atoms with Crippen LogP contribution in [0.4, 0.5) is 11.4 Å². The van der Waals surface area contributed by atoms with E-state index >= 15 is 0 Å². The van der Waals surface area contributed by atoms with Gasteiger partial charge < -0.3 is 16.0 Å². The van der Waals surface area contributed by atoms with E-state index in [0.717, 1.165) is 25.9 Å². The summed E-state index contributed by atoms with van der Waals surface area (Å²) < 4.78 is 0. The highest BCUT2D eigenvalue weighted by Crippen LogP contribution is 2.13. The van der Waals surface area contributed by atoms with Gasteiger partial charge in [-0.3, -0.25) is 4.79 Å². The average molecular weight is 256 g/mol. The molecule has 1 fully saturated rings. The molecule has 1 aliphatic heterocycles. The van der Waals surface area contributed by atoms with E-state index in [4.69, 9.17) is 11.0 Å². The van der Waals surface area contributed by atoms with Gasteiger partial charge >= 0.3 is 0 Å². The van der Waals surface area contributed by atoms with Crippen LogP contribution in [0.25, 0.3) is 0 Å². The maximum atomic E-state index is 12.0. The summed E-state index contributed by atoms with van der Waals surface area (Å²) in [5.74, 6) is -0.390. The third-order valence-corrected chi connectivity index (χ3v) is 2.99. The minimum Gasteiger partial charge on any atom is -0.399 e. The molecular formula is C14H16N4O. The van der Waals surface area contributed by atoms with Crippen molar-refractivity contribution >= 4 is 17.3 Å². The summed E-state index contributed by atoms with van der Waals surface area (Å²) in [4.78, 5) is 14.0. The van der Waals surface area contributed by atoms with E-state index in [1.807, 2.05) is 11.0 Å². The van der Waals surface area contributed by atoms with Gasteiger partial charge in [0.25, 0.3) is 5.91 Å². The Morgan fingerprint density at radius 1 is 1.32 bits per heavy atom. The number of hydrogen-bond donors (Lipinski definition) is 2. The van der Waals surface area contributed by atoms with E-state index in [-0.39, 0.29) is 11.5 Å². The number of nitriles is 1. The summed E-state index contributed by atoms with van der Waals surface area (Å²) in [6.07, 6.45) is 3.85. The van der Waals surface area contributed by atoms with Crippen LogP contribution in [-0.4, -0.2) is 23.9 Å². The standard InChI is InChI=1S/C14H16N4O/c15-9-11(10-18-7-1-2-8-18)14(19)17-13-5-3-12(16)4-6-13/h3-6,10H,1-2,7-8,16H2,(H,17,19)/b11-10-. The lowest BCUT2D eigenvalue weighted by atomic mass is 10.2. The van der Waals surface area contributed by atoms with Crippen molar-refractivity contribution in [2.45, 2.75) is 12.8 Å². The number of rotatable bonds is 3. The van der Waals surface area contributed by atoms with Gasteiger partial charge in [0, 0.05) is 30.7 Å². The molecule has 1 aromatic carbocycles. The number of likely N-dealkylation sites (tertiary alicyclic amines) is 1. The quantitative estimate of drug-likeness (QED) is 0.490. The number of amides is 1. The van der Waals surface area contributed by atoms with Gasteiger partial charge in [-0.05, 0) is 37.1 Å². The molecule has 0 atom stereocenters. The summed E-state index contributed by atoms with van der Waals surface area (Å²) in [5.41, 5.74) is 6.95. The highest BCUT2D eigenvalue weighted by molar-refractivity contribution is 6.06. The maximum absolute atomic E-state index is 12.0. The summed E-state index contributed by atoms with van der Waals surface area (Å²) in [7, 11) is 0. The van der Waals surface area contributed by atoms with Crippen LogP contribution in [0.3, 0.4) is 0 Å². The fourth-order valence-electron chi connectivity index (χ4n) is 1.96. The van der Waals surface area contributed by atoms with Gasteiger partial charge in [0.15, 0.2) is 0 Å². The van der Waals surface area contributed by atoms with E-state index < -0.39 is 0 Å². The maximum Gasteiger partial charge on any atom is 0.267 e. The van der Waals surface area contributed by atoms with E-state index in [1.54, 1.807) is 30.5 Å². The number of nitrogen functional groups attached to an aromatic ring is 1. The monoisotopic (exact) mass is 256 g/mol. The first kappa shape index (κ1) is 13.0. The molecule has 0 saturated carbocycles. The smallest absolute Gasteiger partial charge is 0.267 e. The van der Waals surface area contributed by atoms with Crippen LogP contribution in [0.15, 0.2) is 36.0 Å². The van der Waals surface area contributed by atoms with Crippen molar-refractivity contribution in [1.29, 1.82) is 5.26 Å². The van der Waals surface area contributed by atoms with Crippen molar-refractivity contribution in [3.05, 3.63) is 36.0 Å². The molecule has 0 unspecified atom stereocenters. The summed E-state index contributed by atoms with van der Waals surface area (Å²) in [6, 6.07) is 8.76. The molecule has 0 spiro atoms. The second-order valence-corrected chi connectivity index (χ2v) is 4.47. The molecule has 19 heavy (non-hydrogen) atoms. The van der Waals surface area contributed by atoms with Gasteiger partial charge in [-0.25, -0.2) is 0 Å². The molecule has 0 radical (unpaired) electrons. The number of nitrogens with one attached hydrogen (secondary N) is 1. The molecule has 0 bridgehead atoms. The number of benzene rings is 1. The van der Waals surface area contributed by atoms with Crippen LogP contribution in [0.2, 0.25) is 0 Å². The number of carbonyl (C=O) groups excluding carboxylic acids is 1.